The summed E-state index contributed by atoms with van der Waals surface area (Å²) in [6.07, 6.45) is 1.83. The van der Waals surface area contributed by atoms with Crippen molar-refractivity contribution in [3.8, 4) is 0 Å². The zero-order chi connectivity index (χ0) is 14.3. The van der Waals surface area contributed by atoms with Gasteiger partial charge < -0.3 is 9.64 Å². The highest BCUT2D eigenvalue weighted by atomic mass is 16.5. The molecule has 4 heteroatoms. The minimum Gasteiger partial charge on any atom is -0.464 e. The highest BCUT2D eigenvalue weighted by Crippen LogP contribution is 2.07. The van der Waals surface area contributed by atoms with Gasteiger partial charge in [0.05, 0.1) is 6.61 Å². The molecular formula is C15H21NO3. The summed E-state index contributed by atoms with van der Waals surface area (Å²) in [4.78, 5) is 25.0. The Bertz CT molecular complexity index is 443. The van der Waals surface area contributed by atoms with Gasteiger partial charge in [0.25, 0.3) is 5.91 Å². The van der Waals surface area contributed by atoms with E-state index in [1.807, 2.05) is 26.0 Å². The Kier molecular flexibility index (Phi) is 6.06. The van der Waals surface area contributed by atoms with Gasteiger partial charge in [-0.25, -0.2) is 0 Å². The van der Waals surface area contributed by atoms with E-state index >= 15 is 0 Å². The third-order valence-corrected chi connectivity index (χ3v) is 2.74. The van der Waals surface area contributed by atoms with Crippen LogP contribution in [0.1, 0.15) is 35.7 Å². The second kappa shape index (κ2) is 7.56. The van der Waals surface area contributed by atoms with Crippen LogP contribution in [0.3, 0.4) is 0 Å². The molecule has 1 aromatic rings. The molecule has 1 rings (SSSR count). The Labute approximate surface area is 114 Å². The smallest absolute Gasteiger partial charge is 0.325 e. The topological polar surface area (TPSA) is 46.6 Å². The predicted octanol–water partition coefficient (Wildman–Crippen LogP) is 2.41. The summed E-state index contributed by atoms with van der Waals surface area (Å²) in [5.74, 6) is -0.534. The van der Waals surface area contributed by atoms with Gasteiger partial charge in [-0.1, -0.05) is 31.0 Å². The third-order valence-electron chi connectivity index (χ3n) is 2.74. The number of amides is 1. The Morgan fingerprint density at radius 1 is 1.32 bits per heavy atom. The lowest BCUT2D eigenvalue weighted by atomic mass is 10.1. The molecule has 1 amide bonds. The number of benzene rings is 1. The van der Waals surface area contributed by atoms with E-state index < -0.39 is 0 Å². The summed E-state index contributed by atoms with van der Waals surface area (Å²) in [6, 6.07) is 7.31. The van der Waals surface area contributed by atoms with Gasteiger partial charge in [0.2, 0.25) is 0 Å². The van der Waals surface area contributed by atoms with Crippen LogP contribution < -0.4 is 0 Å². The number of unbranched alkanes of at least 4 members (excludes halogenated alkanes) is 1. The van der Waals surface area contributed by atoms with Crippen molar-refractivity contribution in [3.05, 3.63) is 35.4 Å². The first-order chi connectivity index (χ1) is 9.04. The van der Waals surface area contributed by atoms with Gasteiger partial charge in [0.1, 0.15) is 6.54 Å². The summed E-state index contributed by atoms with van der Waals surface area (Å²) in [5, 5.41) is 0. The monoisotopic (exact) mass is 263 g/mol. The van der Waals surface area contributed by atoms with Crippen LogP contribution in [-0.2, 0) is 9.53 Å². The number of likely N-dealkylation sites (N-methyl/N-ethyl adjacent to an activating group) is 1. The summed E-state index contributed by atoms with van der Waals surface area (Å²) >= 11 is 0. The molecule has 0 fully saturated rings. The molecule has 0 saturated carbocycles. The fourth-order valence-electron chi connectivity index (χ4n) is 1.64. The Morgan fingerprint density at radius 3 is 2.68 bits per heavy atom. The van der Waals surface area contributed by atoms with Crippen LogP contribution >= 0.6 is 0 Å². The first kappa shape index (κ1) is 15.2. The lowest BCUT2D eigenvalue weighted by Crippen LogP contribution is -2.33. The van der Waals surface area contributed by atoms with Crippen LogP contribution in [0.5, 0.6) is 0 Å². The normalized spacial score (nSPS) is 10.1. The Morgan fingerprint density at radius 2 is 2.05 bits per heavy atom. The molecule has 0 aromatic heterocycles. The molecule has 104 valence electrons. The lowest BCUT2D eigenvalue weighted by Gasteiger charge is -2.16. The number of carbonyl (C=O) groups excluding carboxylic acids is 2. The maximum Gasteiger partial charge on any atom is 0.325 e. The van der Waals surface area contributed by atoms with Crippen LogP contribution in [-0.4, -0.2) is 37.0 Å². The Balaban J connectivity index is 2.51. The number of nitrogens with zero attached hydrogens (tertiary/aromatic N) is 1. The molecule has 4 nitrogen and oxygen atoms in total. The van der Waals surface area contributed by atoms with E-state index in [0.717, 1.165) is 18.4 Å². The molecule has 0 atom stereocenters. The summed E-state index contributed by atoms with van der Waals surface area (Å²) in [7, 11) is 1.60. The zero-order valence-corrected chi connectivity index (χ0v) is 11.8. The van der Waals surface area contributed by atoms with Gasteiger partial charge in [0, 0.05) is 12.6 Å². The van der Waals surface area contributed by atoms with Crippen LogP contribution in [0.15, 0.2) is 24.3 Å². The average Bonchev–Trinajstić information content (AvgIpc) is 2.38. The number of carbonyl (C=O) groups is 2. The van der Waals surface area contributed by atoms with E-state index in [1.165, 1.54) is 4.90 Å². The van der Waals surface area contributed by atoms with Crippen LogP contribution in [0.25, 0.3) is 0 Å². The lowest BCUT2D eigenvalue weighted by molar-refractivity contribution is -0.144. The molecule has 0 bridgehead atoms. The average molecular weight is 263 g/mol. The predicted molar refractivity (Wildman–Crippen MR) is 74.0 cm³/mol. The maximum atomic E-state index is 12.1. The largest absolute Gasteiger partial charge is 0.464 e. The molecular weight excluding hydrogens is 242 g/mol. The minimum atomic E-state index is -0.364. The van der Waals surface area contributed by atoms with Crippen molar-refractivity contribution >= 4 is 11.9 Å². The highest BCUT2D eigenvalue weighted by Gasteiger charge is 2.15. The summed E-state index contributed by atoms with van der Waals surface area (Å²) in [6.45, 7) is 4.36. The van der Waals surface area contributed by atoms with Crippen molar-refractivity contribution in [1.29, 1.82) is 0 Å². The van der Waals surface area contributed by atoms with Crippen LogP contribution in [0, 0.1) is 6.92 Å². The molecule has 0 unspecified atom stereocenters. The van der Waals surface area contributed by atoms with Crippen molar-refractivity contribution < 1.29 is 14.3 Å². The number of ether oxygens (including phenoxy) is 1. The summed E-state index contributed by atoms with van der Waals surface area (Å²) < 4.78 is 5.03. The quantitative estimate of drug-likeness (QED) is 0.585. The number of hydrogen-bond acceptors (Lipinski definition) is 3. The number of hydrogen-bond donors (Lipinski definition) is 0. The highest BCUT2D eigenvalue weighted by molar-refractivity contribution is 5.95. The second-order valence-electron chi connectivity index (χ2n) is 4.60. The molecule has 1 aromatic carbocycles. The molecule has 0 N–H and O–H groups in total. The van der Waals surface area contributed by atoms with Gasteiger partial charge in [-0.05, 0) is 25.5 Å². The van der Waals surface area contributed by atoms with Crippen molar-refractivity contribution in [2.75, 3.05) is 20.2 Å². The number of aryl methyl sites for hydroxylation is 1. The molecule has 0 radical (unpaired) electrons. The van der Waals surface area contributed by atoms with Crippen molar-refractivity contribution in [3.63, 3.8) is 0 Å². The fourth-order valence-corrected chi connectivity index (χ4v) is 1.64. The number of rotatable bonds is 6. The second-order valence-corrected chi connectivity index (χ2v) is 4.60. The molecule has 0 spiro atoms. The van der Waals surface area contributed by atoms with Crippen LogP contribution in [0.4, 0.5) is 0 Å². The third kappa shape index (κ3) is 5.12. The van der Waals surface area contributed by atoms with E-state index in [9.17, 15) is 9.59 Å². The van der Waals surface area contributed by atoms with E-state index in [4.69, 9.17) is 4.74 Å². The van der Waals surface area contributed by atoms with E-state index in [1.54, 1.807) is 19.2 Å². The van der Waals surface area contributed by atoms with Gasteiger partial charge in [-0.15, -0.1) is 0 Å². The first-order valence-corrected chi connectivity index (χ1v) is 6.52. The molecule has 0 aliphatic carbocycles. The molecule has 0 aliphatic rings. The molecule has 19 heavy (non-hydrogen) atoms. The molecule has 0 aliphatic heterocycles. The zero-order valence-electron chi connectivity index (χ0n) is 11.8. The summed E-state index contributed by atoms with van der Waals surface area (Å²) in [5.41, 5.74) is 1.61. The number of esters is 1. The van der Waals surface area contributed by atoms with E-state index in [0.29, 0.717) is 12.2 Å². The first-order valence-electron chi connectivity index (χ1n) is 6.52. The van der Waals surface area contributed by atoms with Crippen molar-refractivity contribution in [1.82, 2.24) is 4.90 Å². The van der Waals surface area contributed by atoms with Gasteiger partial charge in [0.15, 0.2) is 0 Å². The maximum absolute atomic E-state index is 12.1. The Hall–Kier alpha value is -1.84. The molecule has 0 saturated heterocycles. The van der Waals surface area contributed by atoms with Gasteiger partial charge in [-0.3, -0.25) is 9.59 Å². The van der Waals surface area contributed by atoms with E-state index in [-0.39, 0.29) is 18.4 Å². The minimum absolute atomic E-state index is 0.0174. The fraction of sp³-hybridized carbons (Fsp3) is 0.467. The van der Waals surface area contributed by atoms with Crippen molar-refractivity contribution in [2.45, 2.75) is 26.7 Å². The SMILES string of the molecule is CCCCOC(=O)CN(C)C(=O)c1cccc(C)c1. The van der Waals surface area contributed by atoms with Crippen LogP contribution in [0.2, 0.25) is 0 Å². The van der Waals surface area contributed by atoms with E-state index in [2.05, 4.69) is 0 Å². The standard InChI is InChI=1S/C15H21NO3/c1-4-5-9-19-14(17)11-16(3)15(18)13-8-6-7-12(2)10-13/h6-8,10H,4-5,9,11H2,1-3H3. The molecule has 0 heterocycles. The van der Waals surface area contributed by atoms with Gasteiger partial charge in [-0.2, -0.15) is 0 Å². The van der Waals surface area contributed by atoms with Gasteiger partial charge >= 0.3 is 5.97 Å². The van der Waals surface area contributed by atoms with Crippen molar-refractivity contribution in [2.24, 2.45) is 0 Å².